The van der Waals surface area contributed by atoms with Crippen LogP contribution >= 0.6 is 0 Å². The van der Waals surface area contributed by atoms with Crippen LogP contribution in [0.2, 0.25) is 0 Å². The van der Waals surface area contributed by atoms with Crippen molar-refractivity contribution in [1.82, 2.24) is 14.9 Å². The summed E-state index contributed by atoms with van der Waals surface area (Å²) in [4.78, 5) is 21.8. The van der Waals surface area contributed by atoms with Gasteiger partial charge in [-0.25, -0.2) is 9.78 Å². The molecule has 20 heavy (non-hydrogen) atoms. The molecule has 1 saturated heterocycles. The first-order chi connectivity index (χ1) is 9.33. The number of amides is 1. The minimum absolute atomic E-state index is 0.221. The van der Waals surface area contributed by atoms with Crippen molar-refractivity contribution in [3.05, 3.63) is 17.2 Å². The molecule has 1 fully saturated rings. The maximum atomic E-state index is 11.9. The molecule has 0 aromatic carbocycles. The van der Waals surface area contributed by atoms with Crippen molar-refractivity contribution in [3.8, 4) is 0 Å². The predicted octanol–water partition coefficient (Wildman–Crippen LogP) is 2.79. The Morgan fingerprint density at radius 1 is 1.40 bits per heavy atom. The number of imidazole rings is 1. The number of hydrogen-bond acceptors (Lipinski definition) is 3. The van der Waals surface area contributed by atoms with E-state index in [1.54, 1.807) is 4.90 Å². The monoisotopic (exact) mass is 277 g/mol. The van der Waals surface area contributed by atoms with Gasteiger partial charge in [0, 0.05) is 24.7 Å². The van der Waals surface area contributed by atoms with Crippen molar-refractivity contribution in [3.63, 3.8) is 0 Å². The average Bonchev–Trinajstić information content (AvgIpc) is 2.77. The SMILES string of the molecule is CC1CCc2[nH]c(C3CN(C(=O)OC(C)(C)C)C3)nc21. The summed E-state index contributed by atoms with van der Waals surface area (Å²) in [6.45, 7) is 9.30. The number of ether oxygens (including phenoxy) is 1. The molecule has 2 aliphatic rings. The third-order valence-corrected chi connectivity index (χ3v) is 4.04. The van der Waals surface area contributed by atoms with Crippen LogP contribution < -0.4 is 0 Å². The first-order valence-corrected chi connectivity index (χ1v) is 7.40. The molecule has 1 aromatic rings. The quantitative estimate of drug-likeness (QED) is 0.858. The summed E-state index contributed by atoms with van der Waals surface area (Å²) in [6, 6.07) is 0. The molecule has 1 atom stereocenters. The van der Waals surface area contributed by atoms with Crippen LogP contribution in [0.4, 0.5) is 4.79 Å². The van der Waals surface area contributed by atoms with Crippen LogP contribution in [0, 0.1) is 0 Å². The number of carbonyl (C=O) groups is 1. The Kier molecular flexibility index (Phi) is 3.03. The number of fused-ring (bicyclic) bond motifs is 1. The molecule has 2 heterocycles. The number of nitrogens with one attached hydrogen (secondary N) is 1. The van der Waals surface area contributed by atoms with Gasteiger partial charge in [0.15, 0.2) is 0 Å². The van der Waals surface area contributed by atoms with Gasteiger partial charge in [0.1, 0.15) is 11.4 Å². The summed E-state index contributed by atoms with van der Waals surface area (Å²) in [5.41, 5.74) is 2.10. The lowest BCUT2D eigenvalue weighted by molar-refractivity contribution is 0.00757. The van der Waals surface area contributed by atoms with Gasteiger partial charge in [-0.15, -0.1) is 0 Å². The maximum absolute atomic E-state index is 11.9. The Hall–Kier alpha value is -1.52. The molecule has 0 bridgehead atoms. The van der Waals surface area contributed by atoms with Gasteiger partial charge in [0.2, 0.25) is 0 Å². The van der Waals surface area contributed by atoms with Crippen LogP contribution in [0.5, 0.6) is 0 Å². The molecule has 1 unspecified atom stereocenters. The second-order valence-electron chi connectivity index (χ2n) is 7.01. The van der Waals surface area contributed by atoms with Crippen molar-refractivity contribution in [2.75, 3.05) is 13.1 Å². The van der Waals surface area contributed by atoms with Crippen LogP contribution in [0.25, 0.3) is 0 Å². The Morgan fingerprint density at radius 2 is 2.10 bits per heavy atom. The number of rotatable bonds is 1. The molecule has 5 heteroatoms. The highest BCUT2D eigenvalue weighted by molar-refractivity contribution is 5.69. The number of H-pyrrole nitrogens is 1. The Morgan fingerprint density at radius 3 is 2.70 bits per heavy atom. The third-order valence-electron chi connectivity index (χ3n) is 4.04. The van der Waals surface area contributed by atoms with Crippen molar-refractivity contribution >= 4 is 6.09 Å². The van der Waals surface area contributed by atoms with Gasteiger partial charge < -0.3 is 14.6 Å². The first kappa shape index (κ1) is 13.5. The highest BCUT2D eigenvalue weighted by Gasteiger charge is 2.37. The van der Waals surface area contributed by atoms with Crippen molar-refractivity contribution in [2.45, 2.75) is 58.0 Å². The van der Waals surface area contributed by atoms with Crippen LogP contribution in [0.1, 0.15) is 63.2 Å². The molecule has 1 N–H and O–H groups in total. The summed E-state index contributed by atoms with van der Waals surface area (Å²) in [5, 5.41) is 0. The zero-order chi connectivity index (χ0) is 14.5. The standard InChI is InChI=1S/C15H23N3O2/c1-9-5-6-11-12(9)17-13(16-11)10-7-18(8-10)14(19)20-15(2,3)4/h9-10H,5-8H2,1-4H3,(H,16,17). The molecule has 1 aromatic heterocycles. The molecule has 1 aliphatic carbocycles. The lowest BCUT2D eigenvalue weighted by Crippen LogP contribution is -2.50. The predicted molar refractivity (Wildman–Crippen MR) is 75.9 cm³/mol. The number of aromatic nitrogens is 2. The van der Waals surface area contributed by atoms with Crippen molar-refractivity contribution in [2.24, 2.45) is 0 Å². The van der Waals surface area contributed by atoms with Gasteiger partial charge in [-0.2, -0.15) is 0 Å². The molecular weight excluding hydrogens is 254 g/mol. The smallest absolute Gasteiger partial charge is 0.410 e. The number of aromatic amines is 1. The Labute approximate surface area is 119 Å². The topological polar surface area (TPSA) is 58.2 Å². The minimum atomic E-state index is -0.427. The molecule has 0 saturated carbocycles. The molecule has 1 amide bonds. The summed E-state index contributed by atoms with van der Waals surface area (Å²) in [6.07, 6.45) is 2.08. The number of hydrogen-bond donors (Lipinski definition) is 1. The molecule has 0 radical (unpaired) electrons. The fraction of sp³-hybridized carbons (Fsp3) is 0.733. The largest absolute Gasteiger partial charge is 0.444 e. The van der Waals surface area contributed by atoms with Gasteiger partial charge in [0.25, 0.3) is 0 Å². The van der Waals surface area contributed by atoms with E-state index in [1.807, 2.05) is 20.8 Å². The lowest BCUT2D eigenvalue weighted by Gasteiger charge is -2.38. The van der Waals surface area contributed by atoms with Crippen LogP contribution in [0.3, 0.4) is 0 Å². The molecule has 110 valence electrons. The van der Waals surface area contributed by atoms with Gasteiger partial charge in [-0.05, 0) is 33.6 Å². The highest BCUT2D eigenvalue weighted by atomic mass is 16.6. The van der Waals surface area contributed by atoms with Crippen LogP contribution in [-0.2, 0) is 11.2 Å². The molecule has 0 spiro atoms. The van der Waals surface area contributed by atoms with E-state index in [4.69, 9.17) is 9.72 Å². The fourth-order valence-corrected chi connectivity index (χ4v) is 2.86. The molecule has 3 rings (SSSR count). The van der Waals surface area contributed by atoms with E-state index in [0.29, 0.717) is 24.9 Å². The second-order valence-corrected chi connectivity index (χ2v) is 7.01. The molecular formula is C15H23N3O2. The summed E-state index contributed by atoms with van der Waals surface area (Å²) in [5.74, 6) is 1.94. The van der Waals surface area contributed by atoms with Crippen LogP contribution in [0.15, 0.2) is 0 Å². The van der Waals surface area contributed by atoms with E-state index in [1.165, 1.54) is 17.8 Å². The normalized spacial score (nSPS) is 22.6. The minimum Gasteiger partial charge on any atom is -0.444 e. The Bertz CT molecular complexity index is 524. The number of carbonyl (C=O) groups excluding carboxylic acids is 1. The van der Waals surface area contributed by atoms with E-state index >= 15 is 0 Å². The van der Waals surface area contributed by atoms with E-state index < -0.39 is 5.60 Å². The second kappa shape index (κ2) is 4.50. The third kappa shape index (κ3) is 2.41. The maximum Gasteiger partial charge on any atom is 0.410 e. The van der Waals surface area contributed by atoms with Crippen LogP contribution in [-0.4, -0.2) is 39.7 Å². The van der Waals surface area contributed by atoms with Gasteiger partial charge in [-0.3, -0.25) is 0 Å². The fourth-order valence-electron chi connectivity index (χ4n) is 2.86. The highest BCUT2D eigenvalue weighted by Crippen LogP contribution is 2.34. The van der Waals surface area contributed by atoms with Gasteiger partial charge in [0.05, 0.1) is 11.6 Å². The van der Waals surface area contributed by atoms with Gasteiger partial charge >= 0.3 is 6.09 Å². The lowest BCUT2D eigenvalue weighted by atomic mass is 10.00. The molecule has 1 aliphatic heterocycles. The number of nitrogens with zero attached hydrogens (tertiary/aromatic N) is 2. The Balaban J connectivity index is 1.58. The average molecular weight is 277 g/mol. The zero-order valence-electron chi connectivity index (χ0n) is 12.7. The first-order valence-electron chi connectivity index (χ1n) is 7.40. The van der Waals surface area contributed by atoms with Crippen molar-refractivity contribution in [1.29, 1.82) is 0 Å². The van der Waals surface area contributed by atoms with E-state index in [-0.39, 0.29) is 6.09 Å². The number of aryl methyl sites for hydroxylation is 1. The van der Waals surface area contributed by atoms with Gasteiger partial charge in [-0.1, -0.05) is 6.92 Å². The molecule has 5 nitrogen and oxygen atoms in total. The summed E-state index contributed by atoms with van der Waals surface area (Å²) in [7, 11) is 0. The number of likely N-dealkylation sites (tertiary alicyclic amines) is 1. The van der Waals surface area contributed by atoms with E-state index in [2.05, 4.69) is 11.9 Å². The van der Waals surface area contributed by atoms with E-state index in [0.717, 1.165) is 12.2 Å². The summed E-state index contributed by atoms with van der Waals surface area (Å²) < 4.78 is 5.36. The van der Waals surface area contributed by atoms with E-state index in [9.17, 15) is 4.79 Å². The summed E-state index contributed by atoms with van der Waals surface area (Å²) >= 11 is 0. The van der Waals surface area contributed by atoms with Crippen molar-refractivity contribution < 1.29 is 9.53 Å². The zero-order valence-corrected chi connectivity index (χ0v) is 12.7.